The predicted octanol–water partition coefficient (Wildman–Crippen LogP) is 2.15. The van der Waals surface area contributed by atoms with Crippen LogP contribution in [0.2, 0.25) is 0 Å². The Balaban J connectivity index is 1.92. The van der Waals surface area contributed by atoms with Crippen LogP contribution in [0.5, 0.6) is 0 Å². The molecule has 1 aromatic heterocycles. The highest BCUT2D eigenvalue weighted by atomic mass is 32.2. The number of primary amides is 1. The lowest BCUT2D eigenvalue weighted by Crippen LogP contribution is -2.35. The second kappa shape index (κ2) is 8.10. The maximum absolute atomic E-state index is 12.9. The molecule has 2 heterocycles. The average Bonchev–Trinajstić information content (AvgIpc) is 3.13. The molecule has 1 aromatic carbocycles. The number of carbonyl (C=O) groups excluding carboxylic acids is 2. The number of nitrogens with two attached hydrogens (primary N) is 1. The molecule has 28 heavy (non-hydrogen) atoms. The molecule has 1 aliphatic heterocycles. The molecule has 3 N–H and O–H groups in total. The van der Waals surface area contributed by atoms with Gasteiger partial charge in [-0.25, -0.2) is 8.42 Å². The van der Waals surface area contributed by atoms with E-state index in [1.165, 1.54) is 22.5 Å². The van der Waals surface area contributed by atoms with Crippen molar-refractivity contribution in [2.75, 3.05) is 18.4 Å². The van der Waals surface area contributed by atoms with Crippen LogP contribution in [0, 0.1) is 11.3 Å². The number of amides is 2. The summed E-state index contributed by atoms with van der Waals surface area (Å²) >= 11 is 0.794. The van der Waals surface area contributed by atoms with E-state index in [0.717, 1.165) is 30.6 Å². The van der Waals surface area contributed by atoms with Crippen molar-refractivity contribution in [2.45, 2.75) is 23.5 Å². The summed E-state index contributed by atoms with van der Waals surface area (Å²) in [6.45, 7) is 0.851. The summed E-state index contributed by atoms with van der Waals surface area (Å²) in [5, 5.41) is 11.6. The highest BCUT2D eigenvalue weighted by Crippen LogP contribution is 2.34. The quantitative estimate of drug-likeness (QED) is 0.767. The Bertz CT molecular complexity index is 1060. The summed E-state index contributed by atoms with van der Waals surface area (Å²) in [5.41, 5.74) is 5.83. The Morgan fingerprint density at radius 2 is 1.89 bits per heavy atom. The molecule has 3 rings (SSSR count). The number of carbonyl (C=O) groups is 2. The third kappa shape index (κ3) is 4.06. The van der Waals surface area contributed by atoms with Gasteiger partial charge in [0.1, 0.15) is 9.21 Å². The first-order valence-electron chi connectivity index (χ1n) is 8.58. The molecular formula is C18H18N4O4S2. The summed E-state index contributed by atoms with van der Waals surface area (Å²) in [7, 11) is -3.76. The molecule has 1 aliphatic rings. The largest absolute Gasteiger partial charge is 0.366 e. The number of benzene rings is 1. The zero-order valence-corrected chi connectivity index (χ0v) is 16.5. The van der Waals surface area contributed by atoms with Crippen molar-refractivity contribution in [1.29, 1.82) is 5.26 Å². The molecule has 10 heteroatoms. The number of nitrogens with one attached hydrogen (secondary N) is 1. The van der Waals surface area contributed by atoms with E-state index in [0.29, 0.717) is 18.7 Å². The molecule has 0 spiro atoms. The summed E-state index contributed by atoms with van der Waals surface area (Å²) in [6.07, 6.45) is 2.55. The molecular weight excluding hydrogens is 400 g/mol. The second-order valence-electron chi connectivity index (χ2n) is 6.28. The fraction of sp³-hybridized carbons (Fsp3) is 0.278. The van der Waals surface area contributed by atoms with Gasteiger partial charge in [-0.15, -0.1) is 11.3 Å². The Morgan fingerprint density at radius 3 is 2.54 bits per heavy atom. The molecule has 1 fully saturated rings. The second-order valence-corrected chi connectivity index (χ2v) is 9.50. The minimum atomic E-state index is -3.76. The van der Waals surface area contributed by atoms with E-state index in [1.54, 1.807) is 12.1 Å². The van der Waals surface area contributed by atoms with Crippen LogP contribution in [0.15, 0.2) is 34.5 Å². The van der Waals surface area contributed by atoms with Crippen molar-refractivity contribution in [3.63, 3.8) is 0 Å². The van der Waals surface area contributed by atoms with Crippen LogP contribution in [-0.2, 0) is 10.0 Å². The lowest BCUT2D eigenvalue weighted by molar-refractivity contribution is 0.100. The Kier molecular flexibility index (Phi) is 5.79. The molecule has 8 nitrogen and oxygen atoms in total. The predicted molar refractivity (Wildman–Crippen MR) is 105 cm³/mol. The third-order valence-electron chi connectivity index (χ3n) is 4.37. The molecule has 146 valence electrons. The van der Waals surface area contributed by atoms with Gasteiger partial charge < -0.3 is 11.1 Å². The topological polar surface area (TPSA) is 133 Å². The Hall–Kier alpha value is -2.74. The van der Waals surface area contributed by atoms with Gasteiger partial charge >= 0.3 is 0 Å². The first-order chi connectivity index (χ1) is 13.3. The highest BCUT2D eigenvalue weighted by Gasteiger charge is 2.30. The van der Waals surface area contributed by atoms with Crippen LogP contribution >= 0.6 is 11.3 Å². The molecule has 2 aromatic rings. The van der Waals surface area contributed by atoms with E-state index in [4.69, 9.17) is 11.0 Å². The number of piperidine rings is 1. The van der Waals surface area contributed by atoms with Gasteiger partial charge in [-0.05, 0) is 37.1 Å². The number of nitrogens with zero attached hydrogens (tertiary/aromatic N) is 2. The van der Waals surface area contributed by atoms with E-state index in [2.05, 4.69) is 5.32 Å². The molecule has 0 atom stereocenters. The molecule has 0 unspecified atom stereocenters. The zero-order chi connectivity index (χ0) is 20.3. The van der Waals surface area contributed by atoms with E-state index in [1.807, 2.05) is 6.07 Å². The summed E-state index contributed by atoms with van der Waals surface area (Å²) in [6, 6.07) is 9.17. The SMILES string of the molecule is N#Cc1cccc(C(=O)Nc2sc(S(=O)(=O)N3CCCCC3)cc2C(N)=O)c1. The van der Waals surface area contributed by atoms with Gasteiger partial charge in [-0.3, -0.25) is 9.59 Å². The van der Waals surface area contributed by atoms with Gasteiger partial charge in [0.2, 0.25) is 0 Å². The lowest BCUT2D eigenvalue weighted by Gasteiger charge is -2.25. The minimum absolute atomic E-state index is 0.0377. The number of nitriles is 1. The van der Waals surface area contributed by atoms with Crippen molar-refractivity contribution >= 4 is 38.2 Å². The fourth-order valence-electron chi connectivity index (χ4n) is 2.91. The zero-order valence-electron chi connectivity index (χ0n) is 14.8. The monoisotopic (exact) mass is 418 g/mol. The molecule has 0 radical (unpaired) electrons. The van der Waals surface area contributed by atoms with E-state index in [-0.39, 0.29) is 20.3 Å². The van der Waals surface area contributed by atoms with Gasteiger partial charge in [-0.1, -0.05) is 12.5 Å². The first kappa shape index (κ1) is 20.0. The van der Waals surface area contributed by atoms with Crippen LogP contribution in [0.1, 0.15) is 45.5 Å². The number of rotatable bonds is 5. The van der Waals surface area contributed by atoms with Crippen LogP contribution in [0.25, 0.3) is 0 Å². The fourth-order valence-corrected chi connectivity index (χ4v) is 5.95. The number of hydrogen-bond acceptors (Lipinski definition) is 6. The van der Waals surface area contributed by atoms with Crippen LogP contribution in [-0.4, -0.2) is 37.6 Å². The van der Waals surface area contributed by atoms with Gasteiger partial charge in [0, 0.05) is 18.7 Å². The minimum Gasteiger partial charge on any atom is -0.366 e. The molecule has 2 amide bonds. The van der Waals surface area contributed by atoms with E-state index in [9.17, 15) is 18.0 Å². The van der Waals surface area contributed by atoms with Gasteiger partial charge in [0.15, 0.2) is 0 Å². The summed E-state index contributed by atoms with van der Waals surface area (Å²) < 4.78 is 27.0. The van der Waals surface area contributed by atoms with Gasteiger partial charge in [-0.2, -0.15) is 9.57 Å². The van der Waals surface area contributed by atoms with Crippen molar-refractivity contribution in [3.8, 4) is 6.07 Å². The van der Waals surface area contributed by atoms with E-state index >= 15 is 0 Å². The molecule has 0 aliphatic carbocycles. The average molecular weight is 419 g/mol. The lowest BCUT2D eigenvalue weighted by atomic mass is 10.1. The Morgan fingerprint density at radius 1 is 1.18 bits per heavy atom. The van der Waals surface area contributed by atoms with Crippen molar-refractivity contribution in [2.24, 2.45) is 5.73 Å². The maximum Gasteiger partial charge on any atom is 0.256 e. The molecule has 1 saturated heterocycles. The van der Waals surface area contributed by atoms with Gasteiger partial charge in [0.05, 0.1) is 17.2 Å². The standard InChI is InChI=1S/C18H18N4O4S2/c19-11-12-5-4-6-13(9-12)17(24)21-18-14(16(20)23)10-15(27-18)28(25,26)22-7-2-1-3-8-22/h4-6,9-10H,1-3,7-8H2,(H2,20,23)(H,21,24). The summed E-state index contributed by atoms with van der Waals surface area (Å²) in [4.78, 5) is 24.3. The molecule has 0 saturated carbocycles. The van der Waals surface area contributed by atoms with Crippen molar-refractivity contribution < 1.29 is 18.0 Å². The van der Waals surface area contributed by atoms with Crippen LogP contribution < -0.4 is 11.1 Å². The molecule has 0 bridgehead atoms. The number of sulfonamides is 1. The smallest absolute Gasteiger partial charge is 0.256 e. The number of hydrogen-bond donors (Lipinski definition) is 2. The van der Waals surface area contributed by atoms with Crippen LogP contribution in [0.4, 0.5) is 5.00 Å². The summed E-state index contributed by atoms with van der Waals surface area (Å²) in [5.74, 6) is -1.40. The van der Waals surface area contributed by atoms with Crippen LogP contribution in [0.3, 0.4) is 0 Å². The third-order valence-corrected chi connectivity index (χ3v) is 7.76. The maximum atomic E-state index is 12.9. The number of anilines is 1. The highest BCUT2D eigenvalue weighted by molar-refractivity contribution is 7.91. The first-order valence-corrected chi connectivity index (χ1v) is 10.8. The number of thiophene rings is 1. The van der Waals surface area contributed by atoms with Crippen molar-refractivity contribution in [1.82, 2.24) is 4.31 Å². The normalized spacial score (nSPS) is 15.0. The van der Waals surface area contributed by atoms with E-state index < -0.39 is 21.8 Å². The Labute approximate surface area is 166 Å². The van der Waals surface area contributed by atoms with Crippen molar-refractivity contribution in [3.05, 3.63) is 47.0 Å². The van der Waals surface area contributed by atoms with Gasteiger partial charge in [0.25, 0.3) is 21.8 Å².